The summed E-state index contributed by atoms with van der Waals surface area (Å²) in [6, 6.07) is 16.2. The number of aromatic nitrogens is 2. The average molecular weight is 535 g/mol. The fraction of sp³-hybridized carbons (Fsp3) is 0.333. The van der Waals surface area contributed by atoms with Crippen molar-refractivity contribution in [2.24, 2.45) is 0 Å². The molecule has 0 aliphatic rings. The molecule has 0 aliphatic carbocycles. The fourth-order valence-electron chi connectivity index (χ4n) is 4.54. The lowest BCUT2D eigenvalue weighted by Gasteiger charge is -2.21. The quantitative estimate of drug-likeness (QED) is 0.202. The van der Waals surface area contributed by atoms with E-state index in [-0.39, 0.29) is 12.3 Å². The maximum absolute atomic E-state index is 13.2. The van der Waals surface area contributed by atoms with Crippen LogP contribution in [-0.4, -0.2) is 33.4 Å². The number of nitrogens with one attached hydrogen (secondary N) is 1. The number of fused-ring (bicyclic) bond motifs is 1. The van der Waals surface area contributed by atoms with Crippen LogP contribution in [-0.2, 0) is 13.1 Å². The van der Waals surface area contributed by atoms with E-state index in [2.05, 4.69) is 46.8 Å². The van der Waals surface area contributed by atoms with Gasteiger partial charge < -0.3 is 14.0 Å². The number of carbonyl (C=O) groups excluding carboxylic acids is 1. The fourth-order valence-corrected chi connectivity index (χ4v) is 5.85. The molecule has 0 aliphatic heterocycles. The largest absolute Gasteiger partial charge is 0.374 e. The van der Waals surface area contributed by atoms with E-state index in [4.69, 9.17) is 5.41 Å². The molecule has 2 aromatic carbocycles. The third-order valence-electron chi connectivity index (χ3n) is 6.46. The summed E-state index contributed by atoms with van der Waals surface area (Å²) in [6.45, 7) is 16.0. The van der Waals surface area contributed by atoms with Gasteiger partial charge >= 0.3 is 0 Å². The average Bonchev–Trinajstić information content (AvgIpc) is 3.42. The Morgan fingerprint density at radius 3 is 2.46 bits per heavy atom. The van der Waals surface area contributed by atoms with E-state index in [1.807, 2.05) is 73.2 Å². The van der Waals surface area contributed by atoms with Crippen LogP contribution in [0, 0.1) is 26.2 Å². The van der Waals surface area contributed by atoms with E-state index in [0.29, 0.717) is 12.2 Å². The van der Waals surface area contributed by atoms with Crippen LogP contribution < -0.4 is 10.9 Å². The summed E-state index contributed by atoms with van der Waals surface area (Å²) in [5.41, 5.74) is 6.10. The topological polar surface area (TPSA) is 54.0 Å². The molecule has 2 heterocycles. The van der Waals surface area contributed by atoms with Gasteiger partial charge in [0.25, 0.3) is 0 Å². The van der Waals surface area contributed by atoms with Gasteiger partial charge in [0.05, 0.1) is 22.5 Å². The number of rotatable bonds is 9. The Kier molecular flexibility index (Phi) is 9.69. The molecule has 0 bridgehead atoms. The summed E-state index contributed by atoms with van der Waals surface area (Å²) in [6.07, 6.45) is 0.861. The Balaban J connectivity index is 0.00000186. The minimum absolute atomic E-state index is 0.0245. The zero-order chi connectivity index (χ0) is 27.3. The first-order chi connectivity index (χ1) is 17.7. The molecule has 7 heteroatoms. The summed E-state index contributed by atoms with van der Waals surface area (Å²) in [7, 11) is 4.85. The van der Waals surface area contributed by atoms with Crippen LogP contribution in [0.3, 0.4) is 0 Å². The van der Waals surface area contributed by atoms with Gasteiger partial charge in [-0.15, -0.1) is 20.6 Å². The first-order valence-corrected chi connectivity index (χ1v) is 14.2. The van der Waals surface area contributed by atoms with E-state index in [0.717, 1.165) is 51.7 Å². The number of Topliss-reactive ketones (excluding diaryl/α,β-unsaturated/α-hetero) is 1. The number of carbonyl (C=O) groups is 1. The predicted octanol–water partition coefficient (Wildman–Crippen LogP) is 6.31. The number of ketones is 1. The van der Waals surface area contributed by atoms with Crippen LogP contribution >= 0.6 is 20.6 Å². The standard InChI is InChI=1S/C28H33N4OPS.C2H6/c1-18-10-12-22(19(2)16-18)24(33)17-32-23-8-6-9-25(34)27(23)31(28(32)29)15-7-14-30(5)21(4)26-13-11-20(3)35-26;1-2/h6,8-13,16,29H,4,7,14-15,17,34H2,1-3,5H3;1-2H3. The number of hydrogen-bond acceptors (Lipinski definition) is 4. The van der Waals surface area contributed by atoms with Gasteiger partial charge in [-0.3, -0.25) is 10.2 Å². The Morgan fingerprint density at radius 2 is 1.81 bits per heavy atom. The number of imidazole rings is 1. The van der Waals surface area contributed by atoms with Crippen LogP contribution in [0.5, 0.6) is 0 Å². The highest BCUT2D eigenvalue weighted by atomic mass is 32.1. The van der Waals surface area contributed by atoms with Gasteiger partial charge in [0.1, 0.15) is 0 Å². The summed E-state index contributed by atoms with van der Waals surface area (Å²) in [4.78, 5) is 17.9. The highest BCUT2D eigenvalue weighted by Crippen LogP contribution is 2.24. The van der Waals surface area contributed by atoms with E-state index >= 15 is 0 Å². The number of para-hydroxylation sites is 1. The number of nitrogens with zero attached hydrogens (tertiary/aromatic N) is 3. The molecule has 1 unspecified atom stereocenters. The Hall–Kier alpha value is -2.95. The van der Waals surface area contributed by atoms with Gasteiger partial charge in [-0.25, -0.2) is 0 Å². The SMILES string of the molecule is C=C(c1ccc(C)s1)N(C)CCCn1c(=N)n(CC(=O)c2ccc(C)cc2C)c2cccc(P)c21.CC. The van der Waals surface area contributed by atoms with Gasteiger partial charge in [0, 0.05) is 36.3 Å². The van der Waals surface area contributed by atoms with Crippen molar-refractivity contribution >= 4 is 48.4 Å². The second-order valence-electron chi connectivity index (χ2n) is 9.15. The van der Waals surface area contributed by atoms with Crippen molar-refractivity contribution in [3.8, 4) is 0 Å². The number of hydrogen-bond donors (Lipinski definition) is 1. The molecule has 37 heavy (non-hydrogen) atoms. The maximum atomic E-state index is 13.2. The first-order valence-electron chi connectivity index (χ1n) is 12.8. The van der Waals surface area contributed by atoms with Crippen molar-refractivity contribution in [2.75, 3.05) is 13.6 Å². The Labute approximate surface area is 227 Å². The molecule has 2 aromatic heterocycles. The lowest BCUT2D eigenvalue weighted by molar-refractivity contribution is 0.0970. The molecule has 4 aromatic rings. The van der Waals surface area contributed by atoms with Crippen LogP contribution in [0.1, 0.15) is 51.5 Å². The minimum atomic E-state index is 0.0245. The van der Waals surface area contributed by atoms with Gasteiger partial charge in [-0.2, -0.15) is 0 Å². The minimum Gasteiger partial charge on any atom is -0.374 e. The number of thiophene rings is 1. The van der Waals surface area contributed by atoms with Crippen LogP contribution in [0.4, 0.5) is 0 Å². The van der Waals surface area contributed by atoms with Crippen molar-refractivity contribution in [1.82, 2.24) is 14.0 Å². The molecular formula is C30H39N4OPS. The Morgan fingerprint density at radius 1 is 1.08 bits per heavy atom. The maximum Gasteiger partial charge on any atom is 0.203 e. The zero-order valence-electron chi connectivity index (χ0n) is 22.9. The van der Waals surface area contributed by atoms with Crippen molar-refractivity contribution in [3.05, 3.63) is 87.2 Å². The molecule has 0 amide bonds. The predicted molar refractivity (Wildman–Crippen MR) is 162 cm³/mol. The lowest BCUT2D eigenvalue weighted by Crippen LogP contribution is -2.29. The van der Waals surface area contributed by atoms with Gasteiger partial charge in [0.15, 0.2) is 5.78 Å². The number of aryl methyl sites for hydroxylation is 4. The van der Waals surface area contributed by atoms with Crippen molar-refractivity contribution in [3.63, 3.8) is 0 Å². The van der Waals surface area contributed by atoms with Crippen molar-refractivity contribution < 1.29 is 4.79 Å². The molecule has 0 spiro atoms. The van der Waals surface area contributed by atoms with E-state index in [1.54, 1.807) is 11.3 Å². The summed E-state index contributed by atoms with van der Waals surface area (Å²) >= 11 is 1.75. The second kappa shape index (κ2) is 12.5. The third-order valence-corrected chi connectivity index (χ3v) is 7.98. The smallest absolute Gasteiger partial charge is 0.203 e. The summed E-state index contributed by atoms with van der Waals surface area (Å²) < 4.78 is 3.86. The molecule has 196 valence electrons. The highest BCUT2D eigenvalue weighted by Gasteiger charge is 2.17. The lowest BCUT2D eigenvalue weighted by atomic mass is 10.0. The summed E-state index contributed by atoms with van der Waals surface area (Å²) in [5, 5.41) is 9.99. The monoisotopic (exact) mass is 534 g/mol. The van der Waals surface area contributed by atoms with Gasteiger partial charge in [0.2, 0.25) is 5.62 Å². The van der Waals surface area contributed by atoms with Crippen molar-refractivity contribution in [2.45, 2.75) is 54.1 Å². The molecular weight excluding hydrogens is 495 g/mol. The van der Waals surface area contributed by atoms with E-state index in [1.165, 1.54) is 9.75 Å². The molecule has 1 N–H and O–H groups in total. The number of benzene rings is 2. The molecule has 0 saturated carbocycles. The van der Waals surface area contributed by atoms with Crippen LogP contribution in [0.25, 0.3) is 16.7 Å². The van der Waals surface area contributed by atoms with Crippen molar-refractivity contribution in [1.29, 1.82) is 5.41 Å². The van der Waals surface area contributed by atoms with E-state index < -0.39 is 0 Å². The normalized spacial score (nSPS) is 10.8. The van der Waals surface area contributed by atoms with Gasteiger partial charge in [-0.1, -0.05) is 56.3 Å². The first kappa shape index (κ1) is 28.6. The zero-order valence-corrected chi connectivity index (χ0v) is 24.9. The second-order valence-corrected chi connectivity index (χ2v) is 11.1. The molecule has 0 radical (unpaired) electrons. The highest BCUT2D eigenvalue weighted by molar-refractivity contribution is 7.28. The third kappa shape index (κ3) is 6.31. The molecule has 4 rings (SSSR count). The van der Waals surface area contributed by atoms with Gasteiger partial charge in [-0.05, 0) is 56.3 Å². The van der Waals surface area contributed by atoms with Crippen LogP contribution in [0.15, 0.2) is 55.1 Å². The molecule has 0 saturated heterocycles. The molecule has 1 atom stereocenters. The summed E-state index contributed by atoms with van der Waals surface area (Å²) in [5.74, 6) is 0.0245. The van der Waals surface area contributed by atoms with Crippen LogP contribution in [0.2, 0.25) is 0 Å². The molecule has 5 nitrogen and oxygen atoms in total. The van der Waals surface area contributed by atoms with E-state index in [9.17, 15) is 4.79 Å². The Bertz CT molecular complexity index is 1480. The molecule has 0 fully saturated rings.